The van der Waals surface area contributed by atoms with Gasteiger partial charge in [-0.25, -0.2) is 18.7 Å². The van der Waals surface area contributed by atoms with Crippen molar-refractivity contribution in [2.75, 3.05) is 25.0 Å². The molecule has 1 aliphatic heterocycles. The standard InChI is InChI=1S/C19H17F2N5O2S/c20-12-2-1-3-13(21)16(12)19-26-15(9-29-19)17(27)25-14-7-23-10-24-18(14)28-8-11-4-5-22-6-11/h1-3,7,9-11,22H,4-6,8H2,(H,25,27). The van der Waals surface area contributed by atoms with E-state index in [9.17, 15) is 13.6 Å². The van der Waals surface area contributed by atoms with Crippen LogP contribution in [0, 0.1) is 17.6 Å². The van der Waals surface area contributed by atoms with Gasteiger partial charge in [0.05, 0.1) is 18.4 Å². The molecule has 0 saturated carbocycles. The fourth-order valence-electron chi connectivity index (χ4n) is 2.95. The Kier molecular flexibility index (Phi) is 5.72. The smallest absolute Gasteiger partial charge is 0.275 e. The predicted molar refractivity (Wildman–Crippen MR) is 104 cm³/mol. The maximum absolute atomic E-state index is 13.9. The number of thiazole rings is 1. The van der Waals surface area contributed by atoms with E-state index in [0.29, 0.717) is 18.2 Å². The maximum Gasteiger partial charge on any atom is 0.275 e. The van der Waals surface area contributed by atoms with E-state index in [1.54, 1.807) is 0 Å². The van der Waals surface area contributed by atoms with Crippen molar-refractivity contribution in [3.63, 3.8) is 0 Å². The number of nitrogens with one attached hydrogen (secondary N) is 2. The minimum atomic E-state index is -0.736. The van der Waals surface area contributed by atoms with E-state index in [1.807, 2.05) is 0 Å². The molecule has 0 aliphatic carbocycles. The second kappa shape index (κ2) is 8.58. The first-order valence-electron chi connectivity index (χ1n) is 8.96. The number of aromatic nitrogens is 3. The van der Waals surface area contributed by atoms with Crippen LogP contribution < -0.4 is 15.4 Å². The number of benzene rings is 1. The third-order valence-corrected chi connectivity index (χ3v) is 5.32. The fourth-order valence-corrected chi connectivity index (χ4v) is 3.80. The second-order valence-electron chi connectivity index (χ2n) is 6.50. The minimum absolute atomic E-state index is 0.0300. The Morgan fingerprint density at radius 2 is 2.17 bits per heavy atom. The molecule has 1 unspecified atom stereocenters. The molecule has 3 aromatic rings. The first kappa shape index (κ1) is 19.3. The highest BCUT2D eigenvalue weighted by Gasteiger charge is 2.20. The van der Waals surface area contributed by atoms with Crippen molar-refractivity contribution in [3.8, 4) is 16.5 Å². The molecule has 1 saturated heterocycles. The Hall–Kier alpha value is -2.98. The van der Waals surface area contributed by atoms with Crippen LogP contribution >= 0.6 is 11.3 Å². The lowest BCUT2D eigenvalue weighted by Crippen LogP contribution is -2.18. The van der Waals surface area contributed by atoms with Gasteiger partial charge in [-0.05, 0) is 25.1 Å². The number of halogens is 2. The van der Waals surface area contributed by atoms with Crippen molar-refractivity contribution >= 4 is 22.9 Å². The molecule has 1 atom stereocenters. The van der Waals surface area contributed by atoms with Crippen molar-refractivity contribution in [2.24, 2.45) is 5.92 Å². The molecule has 0 bridgehead atoms. The quantitative estimate of drug-likeness (QED) is 0.641. The van der Waals surface area contributed by atoms with E-state index in [4.69, 9.17) is 4.74 Å². The second-order valence-corrected chi connectivity index (χ2v) is 7.36. The van der Waals surface area contributed by atoms with Gasteiger partial charge in [-0.2, -0.15) is 4.98 Å². The summed E-state index contributed by atoms with van der Waals surface area (Å²) >= 11 is 0.980. The first-order chi connectivity index (χ1) is 14.1. The minimum Gasteiger partial charge on any atom is -0.476 e. The molecule has 4 rings (SSSR count). The van der Waals surface area contributed by atoms with Crippen LogP contribution in [0.4, 0.5) is 14.5 Å². The molecule has 29 heavy (non-hydrogen) atoms. The summed E-state index contributed by atoms with van der Waals surface area (Å²) < 4.78 is 33.6. The summed E-state index contributed by atoms with van der Waals surface area (Å²) in [5.41, 5.74) is 0.0753. The summed E-state index contributed by atoms with van der Waals surface area (Å²) in [5.74, 6) is -1.38. The molecule has 2 N–H and O–H groups in total. The largest absolute Gasteiger partial charge is 0.476 e. The lowest BCUT2D eigenvalue weighted by atomic mass is 10.1. The number of nitrogens with zero attached hydrogens (tertiary/aromatic N) is 3. The van der Waals surface area contributed by atoms with Gasteiger partial charge in [-0.3, -0.25) is 4.79 Å². The zero-order valence-corrected chi connectivity index (χ0v) is 16.0. The molecular weight excluding hydrogens is 400 g/mol. The molecule has 2 aromatic heterocycles. The zero-order valence-electron chi connectivity index (χ0n) is 15.2. The van der Waals surface area contributed by atoms with Gasteiger partial charge in [-0.1, -0.05) is 6.07 Å². The number of hydrogen-bond donors (Lipinski definition) is 2. The lowest BCUT2D eigenvalue weighted by molar-refractivity contribution is 0.102. The number of carbonyl (C=O) groups excluding carboxylic acids is 1. The Balaban J connectivity index is 1.48. The van der Waals surface area contributed by atoms with E-state index < -0.39 is 17.5 Å². The highest BCUT2D eigenvalue weighted by molar-refractivity contribution is 7.13. The summed E-state index contributed by atoms with van der Waals surface area (Å²) in [7, 11) is 0. The molecule has 3 heterocycles. The summed E-state index contributed by atoms with van der Waals surface area (Å²) in [4.78, 5) is 24.6. The molecule has 1 amide bonds. The van der Waals surface area contributed by atoms with Crippen LogP contribution in [0.2, 0.25) is 0 Å². The van der Waals surface area contributed by atoms with Crippen molar-refractivity contribution in [1.29, 1.82) is 0 Å². The highest BCUT2D eigenvalue weighted by Crippen LogP contribution is 2.29. The summed E-state index contributed by atoms with van der Waals surface area (Å²) in [6.07, 6.45) is 3.78. The summed E-state index contributed by atoms with van der Waals surface area (Å²) in [6, 6.07) is 3.56. The van der Waals surface area contributed by atoms with Crippen molar-refractivity contribution in [2.45, 2.75) is 6.42 Å². The van der Waals surface area contributed by atoms with E-state index >= 15 is 0 Å². The van der Waals surface area contributed by atoms with Gasteiger partial charge in [0.1, 0.15) is 34.4 Å². The third-order valence-electron chi connectivity index (χ3n) is 4.46. The van der Waals surface area contributed by atoms with E-state index in [2.05, 4.69) is 25.6 Å². The Morgan fingerprint density at radius 3 is 2.93 bits per heavy atom. The average Bonchev–Trinajstić information content (AvgIpc) is 3.39. The number of rotatable bonds is 6. The van der Waals surface area contributed by atoms with Crippen LogP contribution in [0.1, 0.15) is 16.9 Å². The van der Waals surface area contributed by atoms with E-state index in [-0.39, 0.29) is 22.1 Å². The lowest BCUT2D eigenvalue weighted by Gasteiger charge is -2.13. The van der Waals surface area contributed by atoms with Gasteiger partial charge in [0, 0.05) is 17.8 Å². The van der Waals surface area contributed by atoms with Crippen LogP contribution in [0.5, 0.6) is 5.88 Å². The summed E-state index contributed by atoms with van der Waals surface area (Å²) in [6.45, 7) is 2.30. The van der Waals surface area contributed by atoms with Crippen LogP contribution in [0.3, 0.4) is 0 Å². The third kappa shape index (κ3) is 4.38. The molecular formula is C19H17F2N5O2S. The monoisotopic (exact) mass is 417 g/mol. The van der Waals surface area contributed by atoms with E-state index in [0.717, 1.165) is 43.0 Å². The molecule has 1 fully saturated rings. The van der Waals surface area contributed by atoms with Gasteiger partial charge in [0.15, 0.2) is 0 Å². The molecule has 10 heteroatoms. The van der Waals surface area contributed by atoms with Crippen molar-refractivity contribution in [1.82, 2.24) is 20.3 Å². The van der Waals surface area contributed by atoms with Gasteiger partial charge in [0.2, 0.25) is 5.88 Å². The Morgan fingerprint density at radius 1 is 1.34 bits per heavy atom. The van der Waals surface area contributed by atoms with Gasteiger partial charge >= 0.3 is 0 Å². The zero-order chi connectivity index (χ0) is 20.2. The molecule has 1 aromatic carbocycles. The van der Waals surface area contributed by atoms with Gasteiger partial charge < -0.3 is 15.4 Å². The van der Waals surface area contributed by atoms with Gasteiger partial charge in [0.25, 0.3) is 5.91 Å². The van der Waals surface area contributed by atoms with Crippen molar-refractivity contribution in [3.05, 3.63) is 53.4 Å². The first-order valence-corrected chi connectivity index (χ1v) is 9.84. The molecule has 0 radical (unpaired) electrons. The van der Waals surface area contributed by atoms with Gasteiger partial charge in [-0.15, -0.1) is 11.3 Å². The molecule has 0 spiro atoms. The van der Waals surface area contributed by atoms with Crippen LogP contribution in [-0.2, 0) is 0 Å². The number of anilines is 1. The SMILES string of the molecule is O=C(Nc1cncnc1OCC1CCNC1)c1csc(-c2c(F)cccc2F)n1. The van der Waals surface area contributed by atoms with Crippen LogP contribution in [0.25, 0.3) is 10.6 Å². The number of ether oxygens (including phenoxy) is 1. The molecule has 1 aliphatic rings. The van der Waals surface area contributed by atoms with Crippen molar-refractivity contribution < 1.29 is 18.3 Å². The Bertz CT molecular complexity index is 1000. The van der Waals surface area contributed by atoms with E-state index in [1.165, 1.54) is 24.0 Å². The predicted octanol–water partition coefficient (Wildman–Crippen LogP) is 3.12. The number of amides is 1. The highest BCUT2D eigenvalue weighted by atomic mass is 32.1. The normalized spacial score (nSPS) is 16.0. The topological polar surface area (TPSA) is 89.0 Å². The number of hydrogen-bond acceptors (Lipinski definition) is 7. The molecule has 150 valence electrons. The maximum atomic E-state index is 13.9. The fraction of sp³-hybridized carbons (Fsp3) is 0.263. The number of carbonyl (C=O) groups is 1. The average molecular weight is 417 g/mol. The summed E-state index contributed by atoms with van der Waals surface area (Å²) in [5, 5.41) is 7.43. The van der Waals surface area contributed by atoms with Crippen LogP contribution in [-0.4, -0.2) is 40.6 Å². The van der Waals surface area contributed by atoms with Crippen LogP contribution in [0.15, 0.2) is 36.1 Å². The Labute approximate surface area is 169 Å². The molecule has 7 nitrogen and oxygen atoms in total.